The van der Waals surface area contributed by atoms with Crippen molar-refractivity contribution in [1.82, 2.24) is 14.8 Å². The lowest BCUT2D eigenvalue weighted by Gasteiger charge is -2.08. The van der Waals surface area contributed by atoms with Crippen molar-refractivity contribution < 1.29 is 18.7 Å². The SMILES string of the molecule is CCCCCOc1ccc(C(=O)CCC(=O)Nc2ccc(-n3cncn3)c(F)c2)cc1. The Hall–Kier alpha value is -3.55. The molecular weight excluding hydrogens is 399 g/mol. The van der Waals surface area contributed by atoms with Gasteiger partial charge in [0.25, 0.3) is 0 Å². The summed E-state index contributed by atoms with van der Waals surface area (Å²) in [5.74, 6) is -0.323. The molecule has 0 bridgehead atoms. The molecule has 0 fully saturated rings. The highest BCUT2D eigenvalue weighted by Gasteiger charge is 2.12. The summed E-state index contributed by atoms with van der Waals surface area (Å²) in [6.07, 6.45) is 6.00. The van der Waals surface area contributed by atoms with Gasteiger partial charge in [0.05, 0.1) is 6.61 Å². The molecular formula is C23H25FN4O3. The fraction of sp³-hybridized carbons (Fsp3) is 0.304. The molecule has 7 nitrogen and oxygen atoms in total. The van der Waals surface area contributed by atoms with Gasteiger partial charge in [-0.3, -0.25) is 9.59 Å². The van der Waals surface area contributed by atoms with Crippen LogP contribution in [-0.2, 0) is 4.79 Å². The Morgan fingerprint density at radius 1 is 1.10 bits per heavy atom. The lowest BCUT2D eigenvalue weighted by molar-refractivity contribution is -0.116. The molecule has 0 saturated carbocycles. The van der Waals surface area contributed by atoms with Crippen LogP contribution in [0.2, 0.25) is 0 Å². The van der Waals surface area contributed by atoms with E-state index in [1.54, 1.807) is 30.3 Å². The first-order valence-corrected chi connectivity index (χ1v) is 10.3. The molecule has 0 atom stereocenters. The number of hydrogen-bond donors (Lipinski definition) is 1. The van der Waals surface area contributed by atoms with Crippen LogP contribution in [0.1, 0.15) is 49.4 Å². The molecule has 31 heavy (non-hydrogen) atoms. The number of benzene rings is 2. The van der Waals surface area contributed by atoms with E-state index in [2.05, 4.69) is 22.3 Å². The standard InChI is InChI=1S/C23H25FN4O3/c1-2-3-4-13-31-19-8-5-17(6-9-19)22(29)11-12-23(30)27-18-7-10-21(20(24)14-18)28-16-25-15-26-28/h5-10,14-16H,2-4,11-13H2,1H3,(H,27,30). The van der Waals surface area contributed by atoms with Crippen molar-refractivity contribution >= 4 is 17.4 Å². The van der Waals surface area contributed by atoms with Crippen molar-refractivity contribution in [1.29, 1.82) is 0 Å². The molecule has 3 aromatic rings. The molecule has 0 aliphatic rings. The topological polar surface area (TPSA) is 86.1 Å². The fourth-order valence-electron chi connectivity index (χ4n) is 2.98. The van der Waals surface area contributed by atoms with Crippen LogP contribution in [0.3, 0.4) is 0 Å². The normalized spacial score (nSPS) is 10.6. The fourth-order valence-corrected chi connectivity index (χ4v) is 2.98. The number of Topliss-reactive ketones (excluding diaryl/α,β-unsaturated/α-hetero) is 1. The zero-order chi connectivity index (χ0) is 22.1. The Morgan fingerprint density at radius 2 is 1.90 bits per heavy atom. The third kappa shape index (κ3) is 6.47. The van der Waals surface area contributed by atoms with Gasteiger partial charge in [-0.1, -0.05) is 19.8 Å². The molecule has 0 aliphatic carbocycles. The van der Waals surface area contributed by atoms with Gasteiger partial charge in [0.15, 0.2) is 11.6 Å². The number of unbranched alkanes of at least 4 members (excludes halogenated alkanes) is 2. The van der Waals surface area contributed by atoms with Crippen LogP contribution in [0.4, 0.5) is 10.1 Å². The summed E-state index contributed by atoms with van der Waals surface area (Å²) in [6, 6.07) is 11.2. The molecule has 0 spiro atoms. The van der Waals surface area contributed by atoms with Gasteiger partial charge >= 0.3 is 0 Å². The second kappa shape index (κ2) is 11.0. The molecule has 2 aromatic carbocycles. The first kappa shape index (κ1) is 22.1. The Balaban J connectivity index is 1.47. The first-order valence-electron chi connectivity index (χ1n) is 10.3. The van der Waals surface area contributed by atoms with E-state index in [0.29, 0.717) is 17.9 Å². The number of ether oxygens (including phenoxy) is 1. The number of rotatable bonds is 11. The number of ketones is 1. The Labute approximate surface area is 180 Å². The lowest BCUT2D eigenvalue weighted by Crippen LogP contribution is -2.14. The van der Waals surface area contributed by atoms with E-state index in [-0.39, 0.29) is 30.2 Å². The smallest absolute Gasteiger partial charge is 0.224 e. The Kier molecular flexibility index (Phi) is 7.86. The van der Waals surface area contributed by atoms with Gasteiger partial charge in [0.2, 0.25) is 5.91 Å². The summed E-state index contributed by atoms with van der Waals surface area (Å²) in [5.41, 5.74) is 1.06. The zero-order valence-electron chi connectivity index (χ0n) is 17.4. The highest BCUT2D eigenvalue weighted by atomic mass is 19.1. The Morgan fingerprint density at radius 3 is 2.58 bits per heavy atom. The van der Waals surface area contributed by atoms with E-state index in [9.17, 15) is 14.0 Å². The van der Waals surface area contributed by atoms with Crippen molar-refractivity contribution in [3.63, 3.8) is 0 Å². The second-order valence-electron chi connectivity index (χ2n) is 7.06. The summed E-state index contributed by atoms with van der Waals surface area (Å²) in [4.78, 5) is 28.3. The number of carbonyl (C=O) groups excluding carboxylic acids is 2. The maximum atomic E-state index is 14.2. The summed E-state index contributed by atoms with van der Waals surface area (Å²) >= 11 is 0. The number of carbonyl (C=O) groups is 2. The number of anilines is 1. The molecule has 1 heterocycles. The van der Waals surface area contributed by atoms with E-state index in [1.807, 2.05) is 0 Å². The van der Waals surface area contributed by atoms with Gasteiger partial charge in [-0.2, -0.15) is 5.10 Å². The van der Waals surface area contributed by atoms with E-state index in [1.165, 1.54) is 29.5 Å². The minimum atomic E-state index is -0.545. The number of amides is 1. The van der Waals surface area contributed by atoms with Crippen LogP contribution in [0, 0.1) is 5.82 Å². The van der Waals surface area contributed by atoms with Crippen LogP contribution in [0.15, 0.2) is 55.1 Å². The number of aromatic nitrogens is 3. The van der Waals surface area contributed by atoms with Crippen molar-refractivity contribution in [2.45, 2.75) is 39.0 Å². The minimum absolute atomic E-state index is 0.000545. The highest BCUT2D eigenvalue weighted by molar-refractivity contribution is 6.00. The quantitative estimate of drug-likeness (QED) is 0.360. The van der Waals surface area contributed by atoms with Crippen molar-refractivity contribution in [2.75, 3.05) is 11.9 Å². The molecule has 0 saturated heterocycles. The minimum Gasteiger partial charge on any atom is -0.494 e. The van der Waals surface area contributed by atoms with E-state index >= 15 is 0 Å². The van der Waals surface area contributed by atoms with Crippen LogP contribution < -0.4 is 10.1 Å². The van der Waals surface area contributed by atoms with Gasteiger partial charge in [0.1, 0.15) is 24.1 Å². The summed E-state index contributed by atoms with van der Waals surface area (Å²) in [7, 11) is 0. The van der Waals surface area contributed by atoms with Gasteiger partial charge in [-0.05, 0) is 48.9 Å². The molecule has 1 aromatic heterocycles. The van der Waals surface area contributed by atoms with Crippen molar-refractivity contribution in [3.8, 4) is 11.4 Å². The van der Waals surface area contributed by atoms with Crippen LogP contribution in [0.5, 0.6) is 5.75 Å². The highest BCUT2D eigenvalue weighted by Crippen LogP contribution is 2.18. The Bertz CT molecular complexity index is 1000. The maximum absolute atomic E-state index is 14.2. The molecule has 8 heteroatoms. The molecule has 0 aliphatic heterocycles. The van der Waals surface area contributed by atoms with E-state index in [4.69, 9.17) is 4.74 Å². The molecule has 162 valence electrons. The molecule has 1 N–H and O–H groups in total. The number of halogens is 1. The van der Waals surface area contributed by atoms with Gasteiger partial charge in [0, 0.05) is 24.1 Å². The zero-order valence-corrected chi connectivity index (χ0v) is 17.4. The predicted octanol–water partition coefficient (Wildman–Crippen LogP) is 4.58. The van der Waals surface area contributed by atoms with Gasteiger partial charge in [-0.15, -0.1) is 0 Å². The van der Waals surface area contributed by atoms with Gasteiger partial charge < -0.3 is 10.1 Å². The summed E-state index contributed by atoms with van der Waals surface area (Å²) < 4.78 is 21.2. The van der Waals surface area contributed by atoms with Crippen LogP contribution >= 0.6 is 0 Å². The van der Waals surface area contributed by atoms with Crippen molar-refractivity contribution in [2.24, 2.45) is 0 Å². The second-order valence-corrected chi connectivity index (χ2v) is 7.06. The number of hydrogen-bond acceptors (Lipinski definition) is 5. The van der Waals surface area contributed by atoms with Gasteiger partial charge in [-0.25, -0.2) is 14.1 Å². The third-order valence-corrected chi connectivity index (χ3v) is 4.67. The van der Waals surface area contributed by atoms with Crippen molar-refractivity contribution in [3.05, 3.63) is 66.5 Å². The summed E-state index contributed by atoms with van der Waals surface area (Å²) in [5, 5.41) is 6.48. The van der Waals surface area contributed by atoms with E-state index in [0.717, 1.165) is 25.0 Å². The first-order chi connectivity index (χ1) is 15.1. The largest absolute Gasteiger partial charge is 0.494 e. The molecule has 3 rings (SSSR count). The maximum Gasteiger partial charge on any atom is 0.224 e. The number of nitrogens with zero attached hydrogens (tertiary/aromatic N) is 3. The van der Waals surface area contributed by atoms with E-state index < -0.39 is 5.82 Å². The lowest BCUT2D eigenvalue weighted by atomic mass is 10.1. The third-order valence-electron chi connectivity index (χ3n) is 4.67. The molecule has 0 radical (unpaired) electrons. The average Bonchev–Trinajstić information content (AvgIpc) is 3.30. The van der Waals surface area contributed by atoms with Crippen LogP contribution in [0.25, 0.3) is 5.69 Å². The monoisotopic (exact) mass is 424 g/mol. The number of nitrogens with one attached hydrogen (secondary N) is 1. The molecule has 0 unspecified atom stereocenters. The van der Waals surface area contributed by atoms with Crippen LogP contribution in [-0.4, -0.2) is 33.1 Å². The predicted molar refractivity (Wildman–Crippen MR) is 115 cm³/mol. The average molecular weight is 424 g/mol. The summed E-state index contributed by atoms with van der Waals surface area (Å²) in [6.45, 7) is 2.79. The molecule has 1 amide bonds.